The third kappa shape index (κ3) is 2.94. The van der Waals surface area contributed by atoms with E-state index in [-0.39, 0.29) is 0 Å². The first-order chi connectivity index (χ1) is 10.3. The number of aryl methyl sites for hydroxylation is 1. The Labute approximate surface area is 126 Å². The highest BCUT2D eigenvalue weighted by molar-refractivity contribution is 5.76. The Morgan fingerprint density at radius 3 is 2.52 bits per heavy atom. The molecular formula is C17H24N4. The van der Waals surface area contributed by atoms with E-state index in [1.165, 1.54) is 50.6 Å². The number of pyridine rings is 1. The maximum Gasteiger partial charge on any atom is 0.129 e. The number of rotatable bonds is 2. The molecular weight excluding hydrogens is 260 g/mol. The second kappa shape index (κ2) is 6.29. The molecule has 1 aliphatic rings. The lowest BCUT2D eigenvalue weighted by Gasteiger charge is -2.19. The van der Waals surface area contributed by atoms with Crippen molar-refractivity contribution >= 4 is 5.82 Å². The number of hydrogen-bond acceptors (Lipinski definition) is 3. The van der Waals surface area contributed by atoms with Crippen molar-refractivity contribution < 1.29 is 0 Å². The maximum absolute atomic E-state index is 6.28. The van der Waals surface area contributed by atoms with E-state index in [1.54, 1.807) is 6.20 Å². The summed E-state index contributed by atoms with van der Waals surface area (Å²) in [5, 5.41) is 4.75. The van der Waals surface area contributed by atoms with E-state index >= 15 is 0 Å². The maximum atomic E-state index is 6.28. The van der Waals surface area contributed by atoms with Crippen LogP contribution in [0.25, 0.3) is 11.1 Å². The molecule has 0 atom stereocenters. The van der Waals surface area contributed by atoms with Crippen LogP contribution in [0.4, 0.5) is 5.82 Å². The molecule has 112 valence electrons. The molecule has 4 nitrogen and oxygen atoms in total. The average molecular weight is 284 g/mol. The Morgan fingerprint density at radius 2 is 1.86 bits per heavy atom. The highest BCUT2D eigenvalue weighted by Crippen LogP contribution is 2.38. The van der Waals surface area contributed by atoms with Crippen molar-refractivity contribution in [1.82, 2.24) is 14.8 Å². The van der Waals surface area contributed by atoms with Gasteiger partial charge in [0.05, 0.1) is 5.69 Å². The Kier molecular flexibility index (Phi) is 4.23. The quantitative estimate of drug-likeness (QED) is 0.910. The normalized spacial score (nSPS) is 17.4. The first-order valence-electron chi connectivity index (χ1n) is 8.00. The smallest absolute Gasteiger partial charge is 0.129 e. The van der Waals surface area contributed by atoms with Gasteiger partial charge in [0.15, 0.2) is 0 Å². The summed E-state index contributed by atoms with van der Waals surface area (Å²) in [5.74, 6) is 1.28. The van der Waals surface area contributed by atoms with Gasteiger partial charge in [0.25, 0.3) is 0 Å². The molecule has 2 heterocycles. The van der Waals surface area contributed by atoms with E-state index in [1.807, 2.05) is 24.0 Å². The molecule has 4 heteroatoms. The largest absolute Gasteiger partial charge is 0.383 e. The molecule has 3 rings (SSSR count). The van der Waals surface area contributed by atoms with Crippen LogP contribution in [0.2, 0.25) is 0 Å². The van der Waals surface area contributed by atoms with Gasteiger partial charge in [-0.25, -0.2) is 0 Å². The molecule has 0 radical (unpaired) electrons. The van der Waals surface area contributed by atoms with Gasteiger partial charge in [0.1, 0.15) is 5.82 Å². The molecule has 0 aromatic carbocycles. The van der Waals surface area contributed by atoms with E-state index in [4.69, 9.17) is 10.8 Å². The molecule has 1 saturated carbocycles. The average Bonchev–Trinajstić information content (AvgIpc) is 2.75. The van der Waals surface area contributed by atoms with Gasteiger partial charge in [-0.3, -0.25) is 9.67 Å². The van der Waals surface area contributed by atoms with Gasteiger partial charge in [-0.1, -0.05) is 38.2 Å². The Hall–Kier alpha value is -1.84. The second-order valence-electron chi connectivity index (χ2n) is 6.05. The molecule has 1 fully saturated rings. The summed E-state index contributed by atoms with van der Waals surface area (Å²) in [4.78, 5) is 4.24. The van der Waals surface area contributed by atoms with Crippen LogP contribution < -0.4 is 5.73 Å². The van der Waals surface area contributed by atoms with Gasteiger partial charge in [-0.15, -0.1) is 0 Å². The minimum atomic E-state index is 0.531. The predicted octanol–water partition coefficient (Wildman–Crippen LogP) is 3.89. The van der Waals surface area contributed by atoms with Crippen LogP contribution >= 0.6 is 0 Å². The summed E-state index contributed by atoms with van der Waals surface area (Å²) in [5.41, 5.74) is 9.63. The van der Waals surface area contributed by atoms with Crippen LogP contribution in [0.5, 0.6) is 0 Å². The van der Waals surface area contributed by atoms with E-state index in [0.717, 1.165) is 16.9 Å². The molecule has 0 spiro atoms. The van der Waals surface area contributed by atoms with Crippen molar-refractivity contribution in [3.8, 4) is 11.1 Å². The Bertz CT molecular complexity index is 580. The van der Waals surface area contributed by atoms with Crippen molar-refractivity contribution in [3.63, 3.8) is 0 Å². The Balaban J connectivity index is 1.99. The van der Waals surface area contributed by atoms with Crippen LogP contribution in [-0.2, 0) is 7.05 Å². The standard InChI is InChI=1S/C17H24N4/c1-21-17(18)15(14-10-7-11-19-12-14)16(20-21)13-8-5-3-2-4-6-9-13/h7,10-13H,2-6,8-9,18H2,1H3. The summed E-state index contributed by atoms with van der Waals surface area (Å²) < 4.78 is 1.82. The first kappa shape index (κ1) is 14.1. The minimum Gasteiger partial charge on any atom is -0.383 e. The Morgan fingerprint density at radius 1 is 1.14 bits per heavy atom. The lowest BCUT2D eigenvalue weighted by molar-refractivity contribution is 0.447. The summed E-state index contributed by atoms with van der Waals surface area (Å²) in [6.07, 6.45) is 12.8. The van der Waals surface area contributed by atoms with Crippen molar-refractivity contribution in [1.29, 1.82) is 0 Å². The summed E-state index contributed by atoms with van der Waals surface area (Å²) in [6, 6.07) is 4.04. The molecule has 0 unspecified atom stereocenters. The van der Waals surface area contributed by atoms with Crippen LogP contribution in [-0.4, -0.2) is 14.8 Å². The van der Waals surface area contributed by atoms with Gasteiger partial charge in [-0.2, -0.15) is 5.10 Å². The molecule has 2 N–H and O–H groups in total. The fraction of sp³-hybridized carbons (Fsp3) is 0.529. The molecule has 1 aliphatic carbocycles. The zero-order valence-corrected chi connectivity index (χ0v) is 12.8. The monoisotopic (exact) mass is 284 g/mol. The summed E-state index contributed by atoms with van der Waals surface area (Å²) in [7, 11) is 1.93. The molecule has 2 aromatic heterocycles. The van der Waals surface area contributed by atoms with Crippen molar-refractivity contribution in [2.75, 3.05) is 5.73 Å². The first-order valence-corrected chi connectivity index (χ1v) is 8.00. The van der Waals surface area contributed by atoms with Crippen molar-refractivity contribution in [3.05, 3.63) is 30.2 Å². The van der Waals surface area contributed by atoms with Crippen molar-refractivity contribution in [2.24, 2.45) is 7.05 Å². The van der Waals surface area contributed by atoms with E-state index in [2.05, 4.69) is 11.1 Å². The lowest BCUT2D eigenvalue weighted by Crippen LogP contribution is -2.05. The van der Waals surface area contributed by atoms with Gasteiger partial charge < -0.3 is 5.73 Å². The number of hydrogen-bond donors (Lipinski definition) is 1. The van der Waals surface area contributed by atoms with Crippen LogP contribution in [0, 0.1) is 0 Å². The molecule has 21 heavy (non-hydrogen) atoms. The molecule has 0 saturated heterocycles. The number of nitrogens with zero attached hydrogens (tertiary/aromatic N) is 3. The number of aromatic nitrogens is 3. The summed E-state index contributed by atoms with van der Waals surface area (Å²) in [6.45, 7) is 0. The summed E-state index contributed by atoms with van der Waals surface area (Å²) >= 11 is 0. The van der Waals surface area contributed by atoms with E-state index in [0.29, 0.717) is 5.92 Å². The zero-order chi connectivity index (χ0) is 14.7. The minimum absolute atomic E-state index is 0.531. The highest BCUT2D eigenvalue weighted by Gasteiger charge is 2.23. The lowest BCUT2D eigenvalue weighted by atomic mass is 9.86. The third-order valence-electron chi connectivity index (χ3n) is 4.56. The van der Waals surface area contributed by atoms with Crippen LogP contribution in [0.1, 0.15) is 56.6 Å². The van der Waals surface area contributed by atoms with Crippen molar-refractivity contribution in [2.45, 2.75) is 50.9 Å². The zero-order valence-electron chi connectivity index (χ0n) is 12.8. The predicted molar refractivity (Wildman–Crippen MR) is 85.9 cm³/mol. The molecule has 0 bridgehead atoms. The number of anilines is 1. The van der Waals surface area contributed by atoms with E-state index in [9.17, 15) is 0 Å². The van der Waals surface area contributed by atoms with Gasteiger partial charge in [0.2, 0.25) is 0 Å². The molecule has 0 aliphatic heterocycles. The fourth-order valence-electron chi connectivity index (χ4n) is 3.38. The third-order valence-corrected chi connectivity index (χ3v) is 4.56. The fourth-order valence-corrected chi connectivity index (χ4v) is 3.38. The second-order valence-corrected chi connectivity index (χ2v) is 6.05. The van der Waals surface area contributed by atoms with E-state index < -0.39 is 0 Å². The van der Waals surface area contributed by atoms with Crippen LogP contribution in [0.3, 0.4) is 0 Å². The van der Waals surface area contributed by atoms with Gasteiger partial charge in [0, 0.05) is 36.5 Å². The number of nitrogen functional groups attached to an aromatic ring is 1. The number of nitrogens with two attached hydrogens (primary N) is 1. The molecule has 0 amide bonds. The van der Waals surface area contributed by atoms with Gasteiger partial charge >= 0.3 is 0 Å². The SMILES string of the molecule is Cn1nc(C2CCCCCCC2)c(-c2cccnc2)c1N. The molecule has 2 aromatic rings. The van der Waals surface area contributed by atoms with Gasteiger partial charge in [-0.05, 0) is 18.9 Å². The van der Waals surface area contributed by atoms with Crippen LogP contribution in [0.15, 0.2) is 24.5 Å². The highest BCUT2D eigenvalue weighted by atomic mass is 15.3. The topological polar surface area (TPSA) is 56.7 Å².